The minimum atomic E-state index is -5.65. The molecule has 1 saturated heterocycles. The van der Waals surface area contributed by atoms with E-state index in [-0.39, 0.29) is 6.42 Å². The van der Waals surface area contributed by atoms with E-state index in [1.807, 2.05) is 6.92 Å². The summed E-state index contributed by atoms with van der Waals surface area (Å²) < 4.78 is 51.6. The molecule has 0 spiro atoms. The number of nitrogens with zero attached hydrogens (tertiary/aromatic N) is 2. The molecule has 30 heavy (non-hydrogen) atoms. The molecule has 1 aliphatic rings. The Labute approximate surface area is 168 Å². The second-order valence-electron chi connectivity index (χ2n) is 5.85. The molecule has 0 aliphatic carbocycles. The molecule has 19 heteroatoms. The van der Waals surface area contributed by atoms with E-state index in [4.69, 9.17) is 19.4 Å². The van der Waals surface area contributed by atoms with E-state index >= 15 is 0 Å². The van der Waals surface area contributed by atoms with Crippen LogP contribution in [0.1, 0.15) is 19.6 Å². The first-order valence-electron chi connectivity index (χ1n) is 8.16. The molecule has 0 aromatic carbocycles. The number of aromatic nitrogens is 2. The number of ether oxygens (including phenoxy) is 1. The van der Waals surface area contributed by atoms with Crippen molar-refractivity contribution in [3.63, 3.8) is 0 Å². The van der Waals surface area contributed by atoms with Crippen molar-refractivity contribution in [3.8, 4) is 0 Å². The molecule has 16 nitrogen and oxygen atoms in total. The number of hydrogen-bond donors (Lipinski definition) is 6. The van der Waals surface area contributed by atoms with Crippen molar-refractivity contribution in [2.45, 2.75) is 31.8 Å². The summed E-state index contributed by atoms with van der Waals surface area (Å²) in [6.07, 6.45) is -2.23. The van der Waals surface area contributed by atoms with Crippen molar-refractivity contribution in [1.29, 1.82) is 0 Å². The maximum atomic E-state index is 12.1. The minimum Gasteiger partial charge on any atom is -0.390 e. The smallest absolute Gasteiger partial charge is 0.390 e. The number of phosphoric ester groups is 1. The summed E-state index contributed by atoms with van der Waals surface area (Å²) in [6, 6.07) is 1.50. The fraction of sp³-hybridized carbons (Fsp3) is 0.636. The van der Waals surface area contributed by atoms with Gasteiger partial charge in [-0.2, -0.15) is 13.6 Å². The van der Waals surface area contributed by atoms with Gasteiger partial charge in [0.2, 0.25) is 0 Å². The predicted molar refractivity (Wildman–Crippen MR) is 97.0 cm³/mol. The van der Waals surface area contributed by atoms with E-state index in [0.29, 0.717) is 12.4 Å². The highest BCUT2D eigenvalue weighted by Gasteiger charge is 2.42. The van der Waals surface area contributed by atoms with Crippen molar-refractivity contribution in [2.24, 2.45) is 0 Å². The lowest BCUT2D eigenvalue weighted by molar-refractivity contribution is -0.0449. The van der Waals surface area contributed by atoms with Gasteiger partial charge in [0.15, 0.2) is 0 Å². The summed E-state index contributed by atoms with van der Waals surface area (Å²) >= 11 is 0. The summed E-state index contributed by atoms with van der Waals surface area (Å²) in [6.45, 7) is 1.52. The van der Waals surface area contributed by atoms with Crippen LogP contribution in [0.4, 0.5) is 5.82 Å². The van der Waals surface area contributed by atoms with Crippen LogP contribution < -0.4 is 11.0 Å². The molecular weight excluding hydrogens is 475 g/mol. The molecule has 5 atom stereocenters. The fourth-order valence-electron chi connectivity index (χ4n) is 2.42. The van der Waals surface area contributed by atoms with E-state index in [1.165, 1.54) is 12.3 Å². The zero-order chi connectivity index (χ0) is 22.7. The van der Waals surface area contributed by atoms with Crippen LogP contribution in [0.5, 0.6) is 0 Å². The third-order valence-electron chi connectivity index (χ3n) is 3.52. The summed E-state index contributed by atoms with van der Waals surface area (Å²) in [5.41, 5.74) is -0.681. The number of hydrogen-bond acceptors (Lipinski definition) is 11. The Balaban J connectivity index is 1.98. The molecule has 2 heterocycles. The Hall–Kier alpha value is -0.990. The van der Waals surface area contributed by atoms with Gasteiger partial charge in [0.1, 0.15) is 18.1 Å². The zero-order valence-electron chi connectivity index (χ0n) is 15.2. The summed E-state index contributed by atoms with van der Waals surface area (Å²) in [4.78, 5) is 51.3. The van der Waals surface area contributed by atoms with Crippen molar-refractivity contribution in [2.75, 3.05) is 18.5 Å². The van der Waals surface area contributed by atoms with Gasteiger partial charge < -0.3 is 34.7 Å². The Morgan fingerprint density at radius 2 is 1.90 bits per heavy atom. The lowest BCUT2D eigenvalue weighted by atomic mass is 10.2. The molecule has 0 bridgehead atoms. The maximum absolute atomic E-state index is 12.1. The monoisotopic (exact) mass is 495 g/mol. The Morgan fingerprint density at radius 3 is 2.47 bits per heavy atom. The van der Waals surface area contributed by atoms with Gasteiger partial charge >= 0.3 is 29.2 Å². The zero-order valence-corrected chi connectivity index (χ0v) is 17.9. The van der Waals surface area contributed by atoms with Gasteiger partial charge in [-0.1, -0.05) is 0 Å². The maximum Gasteiger partial charge on any atom is 0.490 e. The second-order valence-corrected chi connectivity index (χ2v) is 10.3. The van der Waals surface area contributed by atoms with Crippen molar-refractivity contribution >= 4 is 29.3 Å². The van der Waals surface area contributed by atoms with Gasteiger partial charge in [-0.05, 0) is 13.0 Å². The van der Waals surface area contributed by atoms with Gasteiger partial charge in [0.05, 0.1) is 12.7 Å². The van der Waals surface area contributed by atoms with E-state index in [2.05, 4.69) is 23.4 Å². The summed E-state index contributed by atoms with van der Waals surface area (Å²) in [7, 11) is -16.5. The number of aliphatic hydroxyl groups is 1. The topological polar surface area (TPSA) is 236 Å². The molecule has 2 rings (SSSR count). The quantitative estimate of drug-likeness (QED) is 0.228. The third kappa shape index (κ3) is 7.61. The normalized spacial score (nSPS) is 26.1. The predicted octanol–water partition coefficient (Wildman–Crippen LogP) is -0.333. The molecular formula is C11H20N3O13P3. The van der Waals surface area contributed by atoms with Crippen LogP contribution in [0.3, 0.4) is 0 Å². The minimum absolute atomic E-state index is 0.105. The lowest BCUT2D eigenvalue weighted by Crippen LogP contribution is -2.28. The van der Waals surface area contributed by atoms with E-state index in [1.54, 1.807) is 0 Å². The average molecular weight is 495 g/mol. The first-order valence-corrected chi connectivity index (χ1v) is 12.7. The van der Waals surface area contributed by atoms with Crippen LogP contribution in [-0.4, -0.2) is 59.6 Å². The molecule has 1 aromatic rings. The molecule has 0 radical (unpaired) electrons. The highest BCUT2D eigenvalue weighted by Crippen LogP contribution is 2.66. The SMILES string of the molecule is CCNc1ccn([C@H]2C[C@H](O)[C@@H](COP(=O)(O)OP(=O)(O)OP(=O)(O)O)O2)c(=O)n1. The number of rotatable bonds is 10. The number of phosphoric acid groups is 3. The second kappa shape index (κ2) is 9.65. The Bertz CT molecular complexity index is 948. The van der Waals surface area contributed by atoms with Crippen LogP contribution in [0.25, 0.3) is 0 Å². The fourth-order valence-corrected chi connectivity index (χ4v) is 5.45. The molecule has 2 unspecified atom stereocenters. The van der Waals surface area contributed by atoms with E-state index in [9.17, 15) is 28.5 Å². The van der Waals surface area contributed by atoms with Crippen LogP contribution in [-0.2, 0) is 31.6 Å². The van der Waals surface area contributed by atoms with Crippen molar-refractivity contribution in [1.82, 2.24) is 9.55 Å². The summed E-state index contributed by atoms with van der Waals surface area (Å²) in [5, 5.41) is 12.9. The molecule has 0 saturated carbocycles. The molecule has 1 fully saturated rings. The van der Waals surface area contributed by atoms with Crippen LogP contribution in [0, 0.1) is 0 Å². The van der Waals surface area contributed by atoms with Gasteiger partial charge in [0, 0.05) is 19.2 Å². The van der Waals surface area contributed by atoms with Gasteiger partial charge in [-0.15, -0.1) is 0 Å². The van der Waals surface area contributed by atoms with Crippen molar-refractivity contribution < 1.29 is 56.3 Å². The number of aliphatic hydroxyl groups excluding tert-OH is 1. The van der Waals surface area contributed by atoms with Gasteiger partial charge in [0.25, 0.3) is 0 Å². The summed E-state index contributed by atoms with van der Waals surface area (Å²) in [5.74, 6) is 0.335. The average Bonchev–Trinajstić information content (AvgIpc) is 2.91. The first-order chi connectivity index (χ1) is 13.7. The molecule has 172 valence electrons. The lowest BCUT2D eigenvalue weighted by Gasteiger charge is -2.19. The Morgan fingerprint density at radius 1 is 1.23 bits per heavy atom. The highest BCUT2D eigenvalue weighted by molar-refractivity contribution is 7.66. The van der Waals surface area contributed by atoms with E-state index in [0.717, 1.165) is 4.57 Å². The number of nitrogens with one attached hydrogen (secondary N) is 1. The van der Waals surface area contributed by atoms with Gasteiger partial charge in [-0.3, -0.25) is 9.09 Å². The number of anilines is 1. The molecule has 1 aliphatic heterocycles. The van der Waals surface area contributed by atoms with E-state index < -0.39 is 54.2 Å². The largest absolute Gasteiger partial charge is 0.490 e. The van der Waals surface area contributed by atoms with Crippen molar-refractivity contribution in [3.05, 3.63) is 22.7 Å². The Kier molecular flexibility index (Phi) is 8.13. The van der Waals surface area contributed by atoms with Crippen LogP contribution in [0.2, 0.25) is 0 Å². The first kappa shape index (κ1) is 25.3. The van der Waals surface area contributed by atoms with Crippen LogP contribution in [0.15, 0.2) is 17.1 Å². The highest BCUT2D eigenvalue weighted by atomic mass is 31.3. The molecule has 1 aromatic heterocycles. The standard InChI is InChI=1S/C11H20N3O13P3/c1-2-12-9-3-4-14(11(16)13-9)10-5-7(15)8(25-10)6-24-29(20,21)27-30(22,23)26-28(17,18)19/h3-4,7-8,10,15H,2,5-6H2,1H3,(H,20,21)(H,22,23)(H,12,13,16)(H2,17,18,19)/t7-,8+,10+/m0/s1. The van der Waals surface area contributed by atoms with Crippen LogP contribution >= 0.6 is 23.5 Å². The van der Waals surface area contributed by atoms with Gasteiger partial charge in [-0.25, -0.2) is 18.5 Å². The molecule has 0 amide bonds. The third-order valence-corrected chi connectivity index (χ3v) is 7.32. The molecule has 6 N–H and O–H groups in total.